The first-order valence-electron chi connectivity index (χ1n) is 10.0. The highest BCUT2D eigenvalue weighted by Crippen LogP contribution is 2.42. The van der Waals surface area contributed by atoms with Crippen molar-refractivity contribution in [1.29, 1.82) is 0 Å². The molecule has 1 fully saturated rings. The Kier molecular flexibility index (Phi) is 5.34. The van der Waals surface area contributed by atoms with Crippen LogP contribution >= 0.6 is 0 Å². The number of fused-ring (bicyclic) bond motifs is 1. The Balaban J connectivity index is 1.54. The van der Waals surface area contributed by atoms with Gasteiger partial charge < -0.3 is 13.9 Å². The van der Waals surface area contributed by atoms with Crippen LogP contribution in [0.2, 0.25) is 18.1 Å². The predicted octanol–water partition coefficient (Wildman–Crippen LogP) is 5.21. The third kappa shape index (κ3) is 4.46. The maximum absolute atomic E-state index is 12.4. The van der Waals surface area contributed by atoms with Gasteiger partial charge in [-0.15, -0.1) is 0 Å². The molecule has 1 heterocycles. The third-order valence-corrected chi connectivity index (χ3v) is 10.7. The number of carbonyl (C=O) groups excluding carboxylic acids is 1. The van der Waals surface area contributed by atoms with Gasteiger partial charge in [-0.25, -0.2) is 0 Å². The standard InChI is InChI=1S/C22H34O4Si/c1-21(2,3)27(6,7)26-17-9-10-18-15(12-16(18)13-17)8-11-19(23)20-14-24-22(4,5)25-20/h9-10,13,15,20H,8,11-12,14H2,1-7H3/t15?,20-/m1/s1. The molecule has 1 aliphatic carbocycles. The number of rotatable bonds is 6. The molecule has 1 unspecified atom stereocenters. The highest BCUT2D eigenvalue weighted by Gasteiger charge is 2.40. The Morgan fingerprint density at radius 3 is 2.56 bits per heavy atom. The summed E-state index contributed by atoms with van der Waals surface area (Å²) in [5.41, 5.74) is 2.74. The Morgan fingerprint density at radius 2 is 2.00 bits per heavy atom. The lowest BCUT2D eigenvalue weighted by Crippen LogP contribution is -2.43. The Morgan fingerprint density at radius 1 is 1.30 bits per heavy atom. The number of ether oxygens (including phenoxy) is 2. The first-order chi connectivity index (χ1) is 12.4. The zero-order valence-electron chi connectivity index (χ0n) is 17.8. The van der Waals surface area contributed by atoms with E-state index < -0.39 is 20.2 Å². The fourth-order valence-electron chi connectivity index (χ4n) is 3.49. The van der Waals surface area contributed by atoms with Crippen LogP contribution in [-0.2, 0) is 20.7 Å². The summed E-state index contributed by atoms with van der Waals surface area (Å²) in [5.74, 6) is 0.992. The van der Waals surface area contributed by atoms with Crippen LogP contribution in [0.15, 0.2) is 18.2 Å². The summed E-state index contributed by atoms with van der Waals surface area (Å²) in [6.07, 6.45) is 2.07. The molecule has 1 saturated heterocycles. The summed E-state index contributed by atoms with van der Waals surface area (Å²) in [6, 6.07) is 6.49. The maximum atomic E-state index is 12.4. The van der Waals surface area contributed by atoms with Crippen LogP contribution in [0.5, 0.6) is 5.75 Å². The van der Waals surface area contributed by atoms with E-state index in [2.05, 4.69) is 52.1 Å². The van der Waals surface area contributed by atoms with Gasteiger partial charge in [-0.3, -0.25) is 4.79 Å². The topological polar surface area (TPSA) is 44.8 Å². The van der Waals surface area contributed by atoms with E-state index >= 15 is 0 Å². The monoisotopic (exact) mass is 390 g/mol. The molecule has 0 bridgehead atoms. The second-order valence-corrected chi connectivity index (χ2v) is 14.7. The maximum Gasteiger partial charge on any atom is 0.250 e. The molecule has 2 aliphatic rings. The van der Waals surface area contributed by atoms with Crippen LogP contribution < -0.4 is 4.43 Å². The van der Waals surface area contributed by atoms with Gasteiger partial charge in [0.25, 0.3) is 0 Å². The minimum Gasteiger partial charge on any atom is -0.543 e. The number of carbonyl (C=O) groups is 1. The summed E-state index contributed by atoms with van der Waals surface area (Å²) >= 11 is 0. The molecule has 1 aliphatic heterocycles. The van der Waals surface area contributed by atoms with Crippen molar-refractivity contribution in [2.75, 3.05) is 6.61 Å². The molecule has 1 aromatic rings. The Labute approximate surface area is 164 Å². The molecule has 1 aromatic carbocycles. The molecule has 3 rings (SSSR count). The fraction of sp³-hybridized carbons (Fsp3) is 0.682. The van der Waals surface area contributed by atoms with E-state index in [4.69, 9.17) is 13.9 Å². The lowest BCUT2D eigenvalue weighted by Gasteiger charge is -2.37. The van der Waals surface area contributed by atoms with E-state index in [-0.39, 0.29) is 10.8 Å². The van der Waals surface area contributed by atoms with Gasteiger partial charge in [0.2, 0.25) is 8.32 Å². The molecular formula is C22H34O4Si. The van der Waals surface area contributed by atoms with Crippen molar-refractivity contribution in [3.8, 4) is 5.75 Å². The minimum absolute atomic E-state index is 0.159. The van der Waals surface area contributed by atoms with Crippen molar-refractivity contribution in [3.05, 3.63) is 29.3 Å². The van der Waals surface area contributed by atoms with E-state index in [1.807, 2.05) is 13.8 Å². The number of Topliss-reactive ketones (excluding diaryl/α,β-unsaturated/α-hetero) is 1. The molecule has 0 aromatic heterocycles. The van der Waals surface area contributed by atoms with E-state index in [1.54, 1.807) is 0 Å². The van der Waals surface area contributed by atoms with Gasteiger partial charge in [-0.1, -0.05) is 26.8 Å². The van der Waals surface area contributed by atoms with E-state index in [9.17, 15) is 4.79 Å². The lowest BCUT2D eigenvalue weighted by molar-refractivity contribution is -0.152. The van der Waals surface area contributed by atoms with Gasteiger partial charge in [-0.2, -0.15) is 0 Å². The molecule has 0 spiro atoms. The number of benzene rings is 1. The normalized spacial score (nSPS) is 24.3. The average Bonchev–Trinajstić information content (AvgIpc) is 2.87. The van der Waals surface area contributed by atoms with Crippen molar-refractivity contribution in [1.82, 2.24) is 0 Å². The largest absolute Gasteiger partial charge is 0.543 e. The second-order valence-electron chi connectivity index (χ2n) is 9.95. The molecular weight excluding hydrogens is 356 g/mol. The van der Waals surface area contributed by atoms with Crippen molar-refractivity contribution in [2.45, 2.75) is 89.8 Å². The van der Waals surface area contributed by atoms with Crippen LogP contribution in [0.3, 0.4) is 0 Å². The molecule has 5 heteroatoms. The SMILES string of the molecule is CC1(C)OC[C@H](C(=O)CCC2Cc3cc(O[Si](C)(C)C(C)(C)C)ccc32)O1. The quantitative estimate of drug-likeness (QED) is 0.625. The summed E-state index contributed by atoms with van der Waals surface area (Å²) in [4.78, 5) is 12.4. The van der Waals surface area contributed by atoms with Gasteiger partial charge >= 0.3 is 0 Å². The number of ketones is 1. The Hall–Kier alpha value is -1.17. The van der Waals surface area contributed by atoms with Gasteiger partial charge in [-0.05, 0) is 74.0 Å². The summed E-state index contributed by atoms with van der Waals surface area (Å²) in [7, 11) is -1.81. The molecule has 2 atom stereocenters. The number of hydrogen-bond donors (Lipinski definition) is 0. The third-order valence-electron chi connectivity index (χ3n) is 6.31. The average molecular weight is 391 g/mol. The molecule has 0 amide bonds. The zero-order chi connectivity index (χ0) is 20.0. The number of hydrogen-bond acceptors (Lipinski definition) is 4. The van der Waals surface area contributed by atoms with Gasteiger partial charge in [0.05, 0.1) is 6.61 Å². The first kappa shape index (κ1) is 20.6. The van der Waals surface area contributed by atoms with Crippen LogP contribution in [0.1, 0.15) is 64.5 Å². The summed E-state index contributed by atoms with van der Waals surface area (Å²) in [5, 5.41) is 0.194. The van der Waals surface area contributed by atoms with Crippen LogP contribution in [0.4, 0.5) is 0 Å². The van der Waals surface area contributed by atoms with Crippen molar-refractivity contribution in [2.24, 2.45) is 0 Å². The molecule has 150 valence electrons. The molecule has 0 N–H and O–H groups in total. The van der Waals surface area contributed by atoms with Crippen LogP contribution in [0.25, 0.3) is 0 Å². The fourth-order valence-corrected chi connectivity index (χ4v) is 4.52. The molecule has 4 nitrogen and oxygen atoms in total. The van der Waals surface area contributed by atoms with Crippen LogP contribution in [-0.4, -0.2) is 32.6 Å². The van der Waals surface area contributed by atoms with E-state index in [0.29, 0.717) is 18.9 Å². The highest BCUT2D eigenvalue weighted by atomic mass is 28.4. The van der Waals surface area contributed by atoms with E-state index in [1.165, 1.54) is 11.1 Å². The van der Waals surface area contributed by atoms with Crippen molar-refractivity contribution >= 4 is 14.1 Å². The Bertz CT molecular complexity index is 718. The minimum atomic E-state index is -1.81. The lowest BCUT2D eigenvalue weighted by atomic mass is 9.75. The molecule has 0 radical (unpaired) electrons. The predicted molar refractivity (Wildman–Crippen MR) is 110 cm³/mol. The van der Waals surface area contributed by atoms with Gasteiger partial charge in [0, 0.05) is 6.42 Å². The second kappa shape index (κ2) is 7.01. The first-order valence-corrected chi connectivity index (χ1v) is 13.0. The zero-order valence-corrected chi connectivity index (χ0v) is 18.8. The van der Waals surface area contributed by atoms with Gasteiger partial charge in [0.1, 0.15) is 11.9 Å². The van der Waals surface area contributed by atoms with Crippen molar-refractivity contribution < 1.29 is 18.7 Å². The smallest absolute Gasteiger partial charge is 0.250 e. The summed E-state index contributed by atoms with van der Waals surface area (Å²) in [6.45, 7) is 15.4. The highest BCUT2D eigenvalue weighted by molar-refractivity contribution is 6.74. The van der Waals surface area contributed by atoms with E-state index in [0.717, 1.165) is 18.6 Å². The summed E-state index contributed by atoms with van der Waals surface area (Å²) < 4.78 is 17.6. The molecule has 27 heavy (non-hydrogen) atoms. The van der Waals surface area contributed by atoms with Crippen molar-refractivity contribution in [3.63, 3.8) is 0 Å². The molecule has 0 saturated carbocycles. The van der Waals surface area contributed by atoms with Crippen LogP contribution in [0, 0.1) is 0 Å². The van der Waals surface area contributed by atoms with Gasteiger partial charge in [0.15, 0.2) is 11.6 Å².